The molecule has 144 valence electrons. The van der Waals surface area contributed by atoms with E-state index < -0.39 is 12.8 Å². The zero-order chi connectivity index (χ0) is 17.8. The summed E-state index contributed by atoms with van der Waals surface area (Å²) in [5.74, 6) is 0.380. The van der Waals surface area contributed by atoms with Crippen LogP contribution >= 0.6 is 24.0 Å². The second-order valence-electron chi connectivity index (χ2n) is 5.62. The fraction of sp³-hybridized carbons (Fsp3) is 0.588. The smallest absolute Gasteiger partial charge is 0.370 e. The number of hydrogen-bond donors (Lipinski definition) is 2. The number of ether oxygens (including phenoxy) is 1. The zero-order valence-corrected chi connectivity index (χ0v) is 16.8. The van der Waals surface area contributed by atoms with Crippen molar-refractivity contribution >= 4 is 29.9 Å². The Bertz CT molecular complexity index is 510. The summed E-state index contributed by atoms with van der Waals surface area (Å²) in [7, 11) is 0. The lowest BCUT2D eigenvalue weighted by atomic mass is 10.1. The molecule has 0 fully saturated rings. The minimum absolute atomic E-state index is 0. The number of nitrogens with zero attached hydrogens (tertiary/aromatic N) is 1. The molecule has 0 aliphatic heterocycles. The van der Waals surface area contributed by atoms with Crippen molar-refractivity contribution in [2.75, 3.05) is 13.2 Å². The van der Waals surface area contributed by atoms with Crippen LogP contribution < -0.4 is 11.1 Å². The van der Waals surface area contributed by atoms with E-state index in [-0.39, 0.29) is 30.6 Å². The number of unbranched alkanes of at least 4 members (excludes halogenated alkanes) is 3. The third-order valence-corrected chi connectivity index (χ3v) is 3.29. The molecular formula is C17H27F3IN3O. The lowest BCUT2D eigenvalue weighted by molar-refractivity contribution is -0.176. The number of benzene rings is 1. The number of nitrogens with two attached hydrogens (primary N) is 1. The predicted octanol–water partition coefficient (Wildman–Crippen LogP) is 4.37. The first-order valence-corrected chi connectivity index (χ1v) is 8.17. The largest absolute Gasteiger partial charge is 0.411 e. The quantitative estimate of drug-likeness (QED) is 0.230. The summed E-state index contributed by atoms with van der Waals surface area (Å²) in [5, 5.41) is 3.06. The standard InChI is InChI=1S/C17H26F3N3O.HI/c1-2-3-4-5-9-22-16(21)23-11-14-7-6-8-15(10-14)12-24-13-17(18,19)20;/h6-8,10H,2-5,9,11-13H2,1H3,(H3,21,22,23);1H. The number of rotatable bonds is 10. The first-order chi connectivity index (χ1) is 11.4. The molecule has 0 unspecified atom stereocenters. The van der Waals surface area contributed by atoms with Gasteiger partial charge in [-0.05, 0) is 17.5 Å². The molecule has 0 radical (unpaired) electrons. The number of hydrogen-bond acceptors (Lipinski definition) is 2. The molecule has 0 saturated heterocycles. The van der Waals surface area contributed by atoms with E-state index in [9.17, 15) is 13.2 Å². The number of alkyl halides is 3. The summed E-state index contributed by atoms with van der Waals surface area (Å²) in [5.41, 5.74) is 7.34. The molecule has 25 heavy (non-hydrogen) atoms. The van der Waals surface area contributed by atoms with Crippen molar-refractivity contribution in [2.24, 2.45) is 10.7 Å². The lowest BCUT2D eigenvalue weighted by Crippen LogP contribution is -2.32. The molecule has 4 nitrogen and oxygen atoms in total. The summed E-state index contributed by atoms with van der Waals surface area (Å²) in [6.07, 6.45) is 0.306. The molecule has 0 amide bonds. The van der Waals surface area contributed by atoms with Crippen molar-refractivity contribution in [1.82, 2.24) is 5.32 Å². The van der Waals surface area contributed by atoms with Gasteiger partial charge in [0.2, 0.25) is 0 Å². The molecule has 0 aliphatic rings. The van der Waals surface area contributed by atoms with Crippen LogP contribution in [0.15, 0.2) is 29.3 Å². The first kappa shape index (κ1) is 24.0. The van der Waals surface area contributed by atoms with Crippen molar-refractivity contribution in [2.45, 2.75) is 51.9 Å². The van der Waals surface area contributed by atoms with Gasteiger partial charge < -0.3 is 15.8 Å². The third-order valence-electron chi connectivity index (χ3n) is 3.29. The Morgan fingerprint density at radius 1 is 1.20 bits per heavy atom. The van der Waals surface area contributed by atoms with E-state index in [1.54, 1.807) is 18.2 Å². The fourth-order valence-electron chi connectivity index (χ4n) is 2.10. The highest BCUT2D eigenvalue weighted by atomic mass is 127. The van der Waals surface area contributed by atoms with Gasteiger partial charge in [-0.3, -0.25) is 0 Å². The van der Waals surface area contributed by atoms with Gasteiger partial charge >= 0.3 is 6.18 Å². The molecule has 0 heterocycles. The summed E-state index contributed by atoms with van der Waals surface area (Å²) in [6.45, 7) is 2.00. The minimum atomic E-state index is -4.31. The van der Waals surface area contributed by atoms with Crippen LogP contribution in [0.3, 0.4) is 0 Å². The van der Waals surface area contributed by atoms with Crippen LogP contribution in [0.25, 0.3) is 0 Å². The fourth-order valence-corrected chi connectivity index (χ4v) is 2.10. The van der Waals surface area contributed by atoms with Crippen LogP contribution in [0.4, 0.5) is 13.2 Å². The second kappa shape index (κ2) is 13.2. The van der Waals surface area contributed by atoms with E-state index in [0.29, 0.717) is 18.1 Å². The summed E-state index contributed by atoms with van der Waals surface area (Å²) in [4.78, 5) is 4.24. The maximum atomic E-state index is 12.1. The number of aliphatic imine (C=N–C) groups is 1. The maximum Gasteiger partial charge on any atom is 0.411 e. The van der Waals surface area contributed by atoms with E-state index >= 15 is 0 Å². The molecule has 0 saturated carbocycles. The van der Waals surface area contributed by atoms with E-state index in [2.05, 4.69) is 22.0 Å². The second-order valence-corrected chi connectivity index (χ2v) is 5.62. The Hall–Kier alpha value is -1.03. The third kappa shape index (κ3) is 12.9. The average molecular weight is 473 g/mol. The van der Waals surface area contributed by atoms with Gasteiger partial charge in [-0.2, -0.15) is 13.2 Å². The van der Waals surface area contributed by atoms with E-state index in [1.807, 2.05) is 6.07 Å². The van der Waals surface area contributed by atoms with Gasteiger partial charge in [-0.1, -0.05) is 50.5 Å². The van der Waals surface area contributed by atoms with Crippen molar-refractivity contribution < 1.29 is 17.9 Å². The Morgan fingerprint density at radius 2 is 1.92 bits per heavy atom. The van der Waals surface area contributed by atoms with Crippen LogP contribution in [0.5, 0.6) is 0 Å². The zero-order valence-electron chi connectivity index (χ0n) is 14.4. The predicted molar refractivity (Wildman–Crippen MR) is 105 cm³/mol. The topological polar surface area (TPSA) is 59.6 Å². The molecule has 1 aromatic rings. The van der Waals surface area contributed by atoms with E-state index in [1.165, 1.54) is 12.8 Å². The number of nitrogens with one attached hydrogen (secondary N) is 1. The van der Waals surface area contributed by atoms with Crippen molar-refractivity contribution in [3.63, 3.8) is 0 Å². The molecule has 0 atom stereocenters. The molecule has 1 rings (SSSR count). The van der Waals surface area contributed by atoms with Crippen molar-refractivity contribution in [3.05, 3.63) is 35.4 Å². The molecule has 1 aromatic carbocycles. The molecule has 8 heteroatoms. The highest BCUT2D eigenvalue weighted by molar-refractivity contribution is 14.0. The van der Waals surface area contributed by atoms with Gasteiger partial charge in [-0.25, -0.2) is 4.99 Å². The van der Waals surface area contributed by atoms with Crippen LogP contribution in [-0.2, 0) is 17.9 Å². The van der Waals surface area contributed by atoms with Crippen LogP contribution in [0.1, 0.15) is 43.7 Å². The number of halogens is 4. The molecule has 0 aromatic heterocycles. The van der Waals surface area contributed by atoms with Crippen molar-refractivity contribution in [1.29, 1.82) is 0 Å². The summed E-state index contributed by atoms with van der Waals surface area (Å²) in [6, 6.07) is 7.12. The van der Waals surface area contributed by atoms with Gasteiger partial charge in [0.1, 0.15) is 6.61 Å². The van der Waals surface area contributed by atoms with Gasteiger partial charge in [0.05, 0.1) is 13.2 Å². The molecular weight excluding hydrogens is 446 g/mol. The van der Waals surface area contributed by atoms with Gasteiger partial charge in [0.25, 0.3) is 0 Å². The SMILES string of the molecule is CCCCCCNC(N)=NCc1cccc(COCC(F)(F)F)c1.I. The van der Waals surface area contributed by atoms with Crippen molar-refractivity contribution in [3.8, 4) is 0 Å². The Kier molecular flexibility index (Phi) is 12.7. The van der Waals surface area contributed by atoms with E-state index in [0.717, 1.165) is 24.9 Å². The van der Waals surface area contributed by atoms with Gasteiger partial charge in [0, 0.05) is 6.54 Å². The minimum Gasteiger partial charge on any atom is -0.370 e. The number of guanidine groups is 1. The normalized spacial score (nSPS) is 11.9. The van der Waals surface area contributed by atoms with E-state index in [4.69, 9.17) is 5.73 Å². The van der Waals surface area contributed by atoms with Gasteiger partial charge in [-0.15, -0.1) is 24.0 Å². The Labute approximate surface area is 164 Å². The Balaban J connectivity index is 0.00000576. The molecule has 0 aliphatic carbocycles. The molecule has 0 bridgehead atoms. The summed E-state index contributed by atoms with van der Waals surface area (Å²) < 4.78 is 40.8. The lowest BCUT2D eigenvalue weighted by Gasteiger charge is -2.09. The highest BCUT2D eigenvalue weighted by Crippen LogP contribution is 2.16. The molecule has 3 N–H and O–H groups in total. The van der Waals surface area contributed by atoms with Crippen LogP contribution in [0, 0.1) is 0 Å². The first-order valence-electron chi connectivity index (χ1n) is 8.17. The monoisotopic (exact) mass is 473 g/mol. The Morgan fingerprint density at radius 3 is 2.60 bits per heavy atom. The average Bonchev–Trinajstić information content (AvgIpc) is 2.52. The van der Waals surface area contributed by atoms with Gasteiger partial charge in [0.15, 0.2) is 5.96 Å². The van der Waals surface area contributed by atoms with Crippen LogP contribution in [-0.4, -0.2) is 25.3 Å². The maximum absolute atomic E-state index is 12.1. The molecule has 0 spiro atoms. The summed E-state index contributed by atoms with van der Waals surface area (Å²) >= 11 is 0. The van der Waals surface area contributed by atoms with Crippen LogP contribution in [0.2, 0.25) is 0 Å². The highest BCUT2D eigenvalue weighted by Gasteiger charge is 2.27.